The van der Waals surface area contributed by atoms with Gasteiger partial charge in [0.05, 0.1) is 7.89 Å². The Morgan fingerprint density at radius 3 is 3.00 bits per heavy atom. The first-order valence-corrected chi connectivity index (χ1v) is 2.05. The van der Waals surface area contributed by atoms with Crippen LogP contribution in [-0.2, 0) is 0 Å². The van der Waals surface area contributed by atoms with Crippen molar-refractivity contribution in [2.45, 2.75) is 0 Å². The third-order valence-corrected chi connectivity index (χ3v) is 0.700. The summed E-state index contributed by atoms with van der Waals surface area (Å²) in [5.41, 5.74) is 0. The second kappa shape index (κ2) is 1.80. The third-order valence-electron chi connectivity index (χ3n) is 0.700. The highest BCUT2D eigenvalue weighted by Crippen LogP contribution is 1.91. The summed E-state index contributed by atoms with van der Waals surface area (Å²) in [6.45, 7) is -0.625. The van der Waals surface area contributed by atoms with Gasteiger partial charge in [0, 0.05) is 6.20 Å². The highest BCUT2D eigenvalue weighted by Gasteiger charge is 1.88. The van der Waals surface area contributed by atoms with E-state index in [0.717, 1.165) is 5.06 Å². The quantitative estimate of drug-likeness (QED) is 0.483. The van der Waals surface area contributed by atoms with Crippen molar-refractivity contribution in [1.29, 1.82) is 0 Å². The van der Waals surface area contributed by atoms with Crippen molar-refractivity contribution in [2.24, 2.45) is 0 Å². The number of hydroxylamine groups is 2. The van der Waals surface area contributed by atoms with Gasteiger partial charge in [-0.1, -0.05) is 12.2 Å². The van der Waals surface area contributed by atoms with Crippen LogP contribution in [0.15, 0.2) is 24.4 Å². The smallest absolute Gasteiger partial charge is 0.0630 e. The number of rotatable bonds is 0. The number of nitrogens with zero attached hydrogens (tertiary/aromatic N) is 1. The summed E-state index contributed by atoms with van der Waals surface area (Å²) in [6.07, 6.45) is 6.42. The Morgan fingerprint density at radius 1 is 1.71 bits per heavy atom. The molecule has 2 heteroatoms. The van der Waals surface area contributed by atoms with E-state index in [2.05, 4.69) is 0 Å². The molecule has 7 heavy (non-hydrogen) atoms. The molecule has 0 radical (unpaired) electrons. The number of hydrogen-bond acceptors (Lipinski definition) is 2. The van der Waals surface area contributed by atoms with Gasteiger partial charge in [0.25, 0.3) is 0 Å². The van der Waals surface area contributed by atoms with Crippen LogP contribution < -0.4 is 0 Å². The highest BCUT2D eigenvalue weighted by molar-refractivity contribution is 5.06. The van der Waals surface area contributed by atoms with Crippen LogP contribution in [0.4, 0.5) is 0 Å². The fourth-order valence-electron chi connectivity index (χ4n) is 0.390. The van der Waals surface area contributed by atoms with Crippen molar-refractivity contribution < 1.29 is 6.58 Å². The monoisotopic (exact) mass is 98.1 g/mol. The SMILES string of the molecule is [2H]C1C=CC=CN1O. The summed E-state index contributed by atoms with van der Waals surface area (Å²) in [5, 5.41) is 9.52. The van der Waals surface area contributed by atoms with Crippen LogP contribution in [0.2, 0.25) is 0 Å². The average molecular weight is 98.1 g/mol. The van der Waals surface area contributed by atoms with Gasteiger partial charge >= 0.3 is 0 Å². The molecule has 2 nitrogen and oxygen atoms in total. The summed E-state index contributed by atoms with van der Waals surface area (Å²) in [4.78, 5) is 0. The summed E-state index contributed by atoms with van der Waals surface area (Å²) < 4.78 is 7.02. The molecule has 0 aromatic rings. The molecule has 0 aliphatic carbocycles. The van der Waals surface area contributed by atoms with Gasteiger partial charge in [0.2, 0.25) is 0 Å². The molecular formula is C5H7NO. The van der Waals surface area contributed by atoms with Crippen molar-refractivity contribution >= 4 is 0 Å². The Kier molecular flexibility index (Phi) is 0.839. The van der Waals surface area contributed by atoms with Gasteiger partial charge in [0.15, 0.2) is 0 Å². The van der Waals surface area contributed by atoms with Crippen molar-refractivity contribution in [3.05, 3.63) is 24.4 Å². The third kappa shape index (κ3) is 1.05. The normalized spacial score (nSPS) is 30.7. The van der Waals surface area contributed by atoms with Crippen LogP contribution in [-0.4, -0.2) is 16.8 Å². The van der Waals surface area contributed by atoms with E-state index >= 15 is 0 Å². The molecule has 0 spiro atoms. The molecule has 0 fully saturated rings. The van der Waals surface area contributed by atoms with Gasteiger partial charge in [-0.05, 0) is 6.08 Å². The molecule has 0 saturated carbocycles. The first kappa shape index (κ1) is 3.27. The van der Waals surface area contributed by atoms with E-state index in [9.17, 15) is 0 Å². The molecule has 1 aliphatic rings. The summed E-state index contributed by atoms with van der Waals surface area (Å²) in [6, 6.07) is 0. The fraction of sp³-hybridized carbons (Fsp3) is 0.200. The maximum Gasteiger partial charge on any atom is 0.0630 e. The lowest BCUT2D eigenvalue weighted by atomic mass is 10.4. The molecule has 0 saturated heterocycles. The second-order valence-corrected chi connectivity index (χ2v) is 1.26. The zero-order valence-electron chi connectivity index (χ0n) is 4.78. The summed E-state index contributed by atoms with van der Waals surface area (Å²) in [7, 11) is 0. The molecule has 1 unspecified atom stereocenters. The topological polar surface area (TPSA) is 23.5 Å². The molecular weight excluding hydrogens is 90.1 g/mol. The van der Waals surface area contributed by atoms with Crippen molar-refractivity contribution in [2.75, 3.05) is 6.52 Å². The molecule has 0 aromatic heterocycles. The molecule has 1 atom stereocenters. The average Bonchev–Trinajstić information content (AvgIpc) is 1.77. The van der Waals surface area contributed by atoms with Crippen molar-refractivity contribution in [1.82, 2.24) is 5.06 Å². The minimum atomic E-state index is -0.625. The minimum Gasteiger partial charge on any atom is -0.289 e. The lowest BCUT2D eigenvalue weighted by Crippen LogP contribution is -2.12. The van der Waals surface area contributed by atoms with Gasteiger partial charge in [-0.15, -0.1) is 0 Å². The number of allylic oxidation sites excluding steroid dienone is 2. The number of hydrogen-bond donors (Lipinski definition) is 1. The predicted molar refractivity (Wildman–Crippen MR) is 26.8 cm³/mol. The van der Waals surface area contributed by atoms with Crippen molar-refractivity contribution in [3.8, 4) is 0 Å². The Labute approximate surface area is 43.7 Å². The largest absolute Gasteiger partial charge is 0.289 e. The van der Waals surface area contributed by atoms with Crippen LogP contribution in [0, 0.1) is 0 Å². The molecule has 1 rings (SSSR count). The summed E-state index contributed by atoms with van der Waals surface area (Å²) in [5.74, 6) is 0. The van der Waals surface area contributed by atoms with Crippen LogP contribution in [0.3, 0.4) is 0 Å². The van der Waals surface area contributed by atoms with Crippen LogP contribution in [0.25, 0.3) is 0 Å². The van der Waals surface area contributed by atoms with E-state index < -0.39 is 6.52 Å². The van der Waals surface area contributed by atoms with Gasteiger partial charge in [-0.2, -0.15) is 0 Å². The fourth-order valence-corrected chi connectivity index (χ4v) is 0.390. The Hall–Kier alpha value is -0.760. The van der Waals surface area contributed by atoms with Gasteiger partial charge in [-0.3, -0.25) is 10.3 Å². The molecule has 38 valence electrons. The van der Waals surface area contributed by atoms with E-state index in [4.69, 9.17) is 6.58 Å². The van der Waals surface area contributed by atoms with E-state index in [-0.39, 0.29) is 0 Å². The lowest BCUT2D eigenvalue weighted by molar-refractivity contribution is -0.0302. The Morgan fingerprint density at radius 2 is 2.57 bits per heavy atom. The highest BCUT2D eigenvalue weighted by atomic mass is 16.5. The first-order chi connectivity index (χ1) is 3.80. The van der Waals surface area contributed by atoms with E-state index in [1.54, 1.807) is 18.2 Å². The molecule has 0 bridgehead atoms. The minimum absolute atomic E-state index is 0.625. The van der Waals surface area contributed by atoms with Gasteiger partial charge < -0.3 is 0 Å². The molecule has 1 N–H and O–H groups in total. The first-order valence-electron chi connectivity index (χ1n) is 2.63. The zero-order valence-corrected chi connectivity index (χ0v) is 3.78. The predicted octanol–water partition coefficient (Wildman–Crippen LogP) is 0.761. The van der Waals surface area contributed by atoms with E-state index in [1.807, 2.05) is 0 Å². The summed E-state index contributed by atoms with van der Waals surface area (Å²) >= 11 is 0. The Balaban J connectivity index is 2.59. The van der Waals surface area contributed by atoms with Crippen LogP contribution >= 0.6 is 0 Å². The van der Waals surface area contributed by atoms with E-state index in [0.29, 0.717) is 0 Å². The van der Waals surface area contributed by atoms with Gasteiger partial charge in [0.1, 0.15) is 0 Å². The Bertz CT molecular complexity index is 116. The molecule has 0 aromatic carbocycles. The van der Waals surface area contributed by atoms with Crippen LogP contribution in [0.5, 0.6) is 0 Å². The molecule has 1 aliphatic heterocycles. The standard InChI is InChI=1S/C5H7NO/c7-6-4-2-1-3-5-6/h1-4,7H,5H2/i5D. The van der Waals surface area contributed by atoms with E-state index in [1.165, 1.54) is 6.20 Å². The van der Waals surface area contributed by atoms with Gasteiger partial charge in [-0.25, -0.2) is 0 Å². The molecule has 0 amide bonds. The maximum atomic E-state index is 8.69. The second-order valence-electron chi connectivity index (χ2n) is 1.26. The van der Waals surface area contributed by atoms with Crippen molar-refractivity contribution in [3.63, 3.8) is 0 Å². The maximum absolute atomic E-state index is 8.69. The van der Waals surface area contributed by atoms with Crippen LogP contribution in [0.1, 0.15) is 1.37 Å². The molecule has 1 heterocycles. The lowest BCUT2D eigenvalue weighted by Gasteiger charge is -2.09. The zero-order chi connectivity index (χ0) is 5.98.